The molecule has 1 N–H and O–H groups in total. The van der Waals surface area contributed by atoms with E-state index in [-0.39, 0.29) is 13.2 Å². The maximum atomic E-state index is 13.0. The van der Waals surface area contributed by atoms with Crippen LogP contribution in [-0.2, 0) is 21.1 Å². The second kappa shape index (κ2) is 11.2. The van der Waals surface area contributed by atoms with Crippen molar-refractivity contribution in [2.75, 3.05) is 25.3 Å². The molecule has 11 heteroatoms. The Hall–Kier alpha value is -4.25. The molecular weight excluding hydrogens is 494 g/mol. The number of hydrogen-bond donors (Lipinski definition) is 1. The summed E-state index contributed by atoms with van der Waals surface area (Å²) in [6.45, 7) is 3.90. The van der Waals surface area contributed by atoms with Crippen molar-refractivity contribution >= 4 is 38.2 Å². The quantitative estimate of drug-likeness (QED) is 0.330. The predicted molar refractivity (Wildman–Crippen MR) is 141 cm³/mol. The molecule has 0 spiro atoms. The number of fused-ring (bicyclic) bond motifs is 1. The lowest BCUT2D eigenvalue weighted by molar-refractivity contribution is 0.164. The fourth-order valence-corrected chi connectivity index (χ4v) is 4.72. The fourth-order valence-electron chi connectivity index (χ4n) is 3.57. The van der Waals surface area contributed by atoms with Gasteiger partial charge in [0.25, 0.3) is 0 Å². The third kappa shape index (κ3) is 6.31. The summed E-state index contributed by atoms with van der Waals surface area (Å²) in [4.78, 5) is 25.1. The predicted octanol–water partition coefficient (Wildman–Crippen LogP) is 5.28. The summed E-state index contributed by atoms with van der Waals surface area (Å²) in [5.41, 5.74) is 3.15. The smallest absolute Gasteiger partial charge is 0.442 e. The van der Waals surface area contributed by atoms with Crippen molar-refractivity contribution in [2.45, 2.75) is 25.3 Å². The minimum Gasteiger partial charge on any atom is -0.493 e. The van der Waals surface area contributed by atoms with E-state index in [2.05, 4.69) is 24.6 Å². The molecule has 2 aromatic carbocycles. The van der Waals surface area contributed by atoms with Crippen LogP contribution >= 0.6 is 0 Å². The summed E-state index contributed by atoms with van der Waals surface area (Å²) in [5, 5.41) is 4.06. The molecule has 0 aliphatic rings. The maximum absolute atomic E-state index is 13.0. The number of anilines is 2. The molecule has 4 aromatic rings. The third-order valence-electron chi connectivity index (χ3n) is 5.33. The van der Waals surface area contributed by atoms with Crippen LogP contribution < -0.4 is 14.8 Å². The molecule has 192 valence electrons. The minimum absolute atomic E-state index is 0.158. The van der Waals surface area contributed by atoms with Gasteiger partial charge in [-0.3, -0.25) is 4.98 Å². The van der Waals surface area contributed by atoms with Gasteiger partial charge in [0, 0.05) is 40.2 Å². The number of carbonyl (C=O) groups is 1. The summed E-state index contributed by atoms with van der Waals surface area (Å²) in [7, 11) is -1.41. The first-order valence-corrected chi connectivity index (χ1v) is 13.3. The molecule has 0 saturated carbocycles. The molecule has 0 radical (unpaired) electrons. The van der Waals surface area contributed by atoms with Crippen molar-refractivity contribution in [1.29, 1.82) is 0 Å². The number of nitrogens with zero attached hydrogens (tertiary/aromatic N) is 4. The molecule has 1 amide bonds. The number of nitrogens with one attached hydrogen (secondary N) is 1. The molecule has 0 fully saturated rings. The highest BCUT2D eigenvalue weighted by Crippen LogP contribution is 2.35. The van der Waals surface area contributed by atoms with E-state index < -0.39 is 15.8 Å². The van der Waals surface area contributed by atoms with Crippen molar-refractivity contribution in [1.82, 2.24) is 15.0 Å². The number of ether oxygens (including phenoxy) is 3. The Balaban J connectivity index is 1.59. The normalized spacial score (nSPS) is 12.4. The summed E-state index contributed by atoms with van der Waals surface area (Å²) < 4.78 is 33.1. The highest BCUT2D eigenvalue weighted by molar-refractivity contribution is 7.93. The van der Waals surface area contributed by atoms with Crippen molar-refractivity contribution in [3.8, 4) is 11.5 Å². The van der Waals surface area contributed by atoms with Gasteiger partial charge in [0.15, 0.2) is 11.5 Å². The van der Waals surface area contributed by atoms with Crippen molar-refractivity contribution in [3.63, 3.8) is 0 Å². The third-order valence-corrected chi connectivity index (χ3v) is 6.95. The lowest BCUT2D eigenvalue weighted by atomic mass is 10.2. The first kappa shape index (κ1) is 25.8. The Bertz CT molecular complexity index is 1570. The van der Waals surface area contributed by atoms with Gasteiger partial charge in [0.05, 0.1) is 29.0 Å². The second-order valence-electron chi connectivity index (χ2n) is 8.08. The molecular formula is C26H27N5O5S. The van der Waals surface area contributed by atoms with Crippen LogP contribution in [0.15, 0.2) is 70.3 Å². The van der Waals surface area contributed by atoms with Crippen LogP contribution in [0, 0.1) is 6.92 Å². The number of benzene rings is 2. The van der Waals surface area contributed by atoms with Gasteiger partial charge in [-0.2, -0.15) is 0 Å². The van der Waals surface area contributed by atoms with Crippen LogP contribution in [0.5, 0.6) is 11.5 Å². The van der Waals surface area contributed by atoms with Gasteiger partial charge >= 0.3 is 6.09 Å². The molecule has 0 bridgehead atoms. The highest BCUT2D eigenvalue weighted by atomic mass is 32.2. The van der Waals surface area contributed by atoms with E-state index >= 15 is 0 Å². The Kier molecular flexibility index (Phi) is 7.83. The Morgan fingerprint density at radius 2 is 1.92 bits per heavy atom. The van der Waals surface area contributed by atoms with Crippen LogP contribution in [0.25, 0.3) is 10.9 Å². The molecule has 0 aliphatic carbocycles. The lowest BCUT2D eigenvalue weighted by Gasteiger charge is -2.14. The summed E-state index contributed by atoms with van der Waals surface area (Å²) in [6, 6.07) is 14.3. The van der Waals surface area contributed by atoms with E-state index in [1.54, 1.807) is 44.5 Å². The molecule has 1 atom stereocenters. The SMILES string of the molecule is CCOC(=O)N=S(C)(=O)c1cccc(COc2cc3ncnc(Nc4ccnc(C)c4)c3cc2OC)c1. The van der Waals surface area contributed by atoms with Gasteiger partial charge in [-0.1, -0.05) is 12.1 Å². The van der Waals surface area contributed by atoms with E-state index in [9.17, 15) is 9.00 Å². The average Bonchev–Trinajstić information content (AvgIpc) is 2.87. The molecule has 2 heterocycles. The number of rotatable bonds is 8. The van der Waals surface area contributed by atoms with Crippen LogP contribution in [-0.4, -0.2) is 45.2 Å². The molecule has 2 aromatic heterocycles. The Morgan fingerprint density at radius 3 is 2.68 bits per heavy atom. The molecule has 37 heavy (non-hydrogen) atoms. The standard InChI is InChI=1S/C26H27N5O5S/c1-5-35-26(32)31-37(4,33)20-8-6-7-18(12-20)15-36-24-14-22-21(13-23(24)34-3)25(29-16-28-22)30-19-9-10-27-17(2)11-19/h6-14,16H,5,15H2,1-4H3,(H,27,28,29,30). The summed E-state index contributed by atoms with van der Waals surface area (Å²) in [6.07, 6.45) is 3.75. The Morgan fingerprint density at radius 1 is 1.08 bits per heavy atom. The number of aryl methyl sites for hydroxylation is 1. The number of methoxy groups -OCH3 is 1. The average molecular weight is 522 g/mol. The van der Waals surface area contributed by atoms with Gasteiger partial charge in [-0.25, -0.2) is 19.0 Å². The monoisotopic (exact) mass is 521 g/mol. The minimum atomic E-state index is -2.97. The zero-order valence-electron chi connectivity index (χ0n) is 20.9. The zero-order chi connectivity index (χ0) is 26.4. The number of carbonyl (C=O) groups excluding carboxylic acids is 1. The van der Waals surface area contributed by atoms with Gasteiger partial charge in [0.2, 0.25) is 0 Å². The summed E-state index contributed by atoms with van der Waals surface area (Å²) >= 11 is 0. The number of hydrogen-bond acceptors (Lipinski definition) is 9. The number of amides is 1. The molecule has 0 aliphatic heterocycles. The van der Waals surface area contributed by atoms with Gasteiger partial charge in [-0.05, 0) is 49.7 Å². The van der Waals surface area contributed by atoms with E-state index in [0.717, 1.165) is 22.3 Å². The topological polar surface area (TPSA) is 125 Å². The maximum Gasteiger partial charge on any atom is 0.442 e. The second-order valence-corrected chi connectivity index (χ2v) is 10.3. The van der Waals surface area contributed by atoms with E-state index in [0.29, 0.717) is 27.7 Å². The van der Waals surface area contributed by atoms with Crippen LogP contribution in [0.1, 0.15) is 18.2 Å². The lowest BCUT2D eigenvalue weighted by Crippen LogP contribution is -2.06. The van der Waals surface area contributed by atoms with Gasteiger partial charge < -0.3 is 19.5 Å². The van der Waals surface area contributed by atoms with Crippen molar-refractivity contribution in [2.24, 2.45) is 4.36 Å². The van der Waals surface area contributed by atoms with E-state index in [1.165, 1.54) is 12.6 Å². The number of pyridine rings is 1. The molecule has 0 saturated heterocycles. The van der Waals surface area contributed by atoms with E-state index in [1.807, 2.05) is 31.2 Å². The number of aromatic nitrogens is 3. The highest BCUT2D eigenvalue weighted by Gasteiger charge is 2.14. The molecule has 10 nitrogen and oxygen atoms in total. The van der Waals surface area contributed by atoms with Crippen molar-refractivity contribution in [3.05, 3.63) is 72.3 Å². The first-order chi connectivity index (χ1) is 17.8. The van der Waals surface area contributed by atoms with Crippen LogP contribution in [0.3, 0.4) is 0 Å². The zero-order valence-corrected chi connectivity index (χ0v) is 21.7. The van der Waals surface area contributed by atoms with Crippen LogP contribution in [0.2, 0.25) is 0 Å². The van der Waals surface area contributed by atoms with Gasteiger partial charge in [0.1, 0.15) is 18.8 Å². The first-order valence-electron chi connectivity index (χ1n) is 11.4. The van der Waals surface area contributed by atoms with E-state index in [4.69, 9.17) is 14.2 Å². The largest absolute Gasteiger partial charge is 0.493 e. The molecule has 1 unspecified atom stereocenters. The van der Waals surface area contributed by atoms with Crippen LogP contribution in [0.4, 0.5) is 16.3 Å². The summed E-state index contributed by atoms with van der Waals surface area (Å²) in [5.74, 6) is 1.61. The Labute approximate surface area is 215 Å². The molecule has 4 rings (SSSR count). The fraction of sp³-hybridized carbons (Fsp3) is 0.231. The van der Waals surface area contributed by atoms with Gasteiger partial charge in [-0.15, -0.1) is 4.36 Å². The van der Waals surface area contributed by atoms with Crippen molar-refractivity contribution < 1.29 is 23.2 Å².